The Labute approximate surface area is 173 Å². The highest BCUT2D eigenvalue weighted by atomic mass is 16.6. The molecule has 1 aliphatic heterocycles. The van der Waals surface area contributed by atoms with Gasteiger partial charge in [-0.2, -0.15) is 0 Å². The highest BCUT2D eigenvalue weighted by molar-refractivity contribution is 6.23. The van der Waals surface area contributed by atoms with Crippen molar-refractivity contribution in [3.8, 4) is 5.75 Å². The van der Waals surface area contributed by atoms with Gasteiger partial charge in [0.15, 0.2) is 0 Å². The lowest BCUT2D eigenvalue weighted by molar-refractivity contribution is -0.384. The molecule has 0 unspecified atom stereocenters. The molecular weight excluding hydrogens is 380 g/mol. The third-order valence-electron chi connectivity index (χ3n) is 4.81. The minimum absolute atomic E-state index is 0.00951. The summed E-state index contributed by atoms with van der Waals surface area (Å²) < 4.78 is 5.22. The Hall–Kier alpha value is -4.19. The van der Waals surface area contributed by atoms with E-state index >= 15 is 0 Å². The Morgan fingerprint density at radius 2 is 1.60 bits per heavy atom. The fraction of sp³-hybridized carbons (Fsp3) is 0.0417. The maximum absolute atomic E-state index is 13.3. The van der Waals surface area contributed by atoms with Crippen LogP contribution in [0.25, 0.3) is 11.8 Å². The lowest BCUT2D eigenvalue weighted by atomic mass is 10.1. The largest absolute Gasteiger partial charge is 0.497 e. The maximum atomic E-state index is 13.3. The maximum Gasteiger partial charge on any atom is 0.269 e. The molecule has 0 saturated carbocycles. The van der Waals surface area contributed by atoms with Crippen LogP contribution in [0.3, 0.4) is 0 Å². The molecule has 0 aromatic heterocycles. The normalized spacial score (nSPS) is 14.7. The molecule has 148 valence electrons. The van der Waals surface area contributed by atoms with Crippen molar-refractivity contribution in [2.45, 2.75) is 0 Å². The van der Waals surface area contributed by atoms with Gasteiger partial charge < -0.3 is 4.74 Å². The molecule has 1 amide bonds. The zero-order valence-corrected chi connectivity index (χ0v) is 16.2. The van der Waals surface area contributed by atoms with Crippen LogP contribution in [0.2, 0.25) is 0 Å². The molecule has 0 spiro atoms. The van der Waals surface area contributed by atoms with Crippen molar-refractivity contribution in [3.63, 3.8) is 0 Å². The number of anilines is 1. The standard InChI is InChI=1S/C24H18N2O4/c1-30-22-13-11-20(12-14-22)25-23(18-5-3-2-4-6-18)16-19(24(25)27)15-17-7-9-21(10-8-17)26(28)29/h2-16H,1H3/b19-15+. The van der Waals surface area contributed by atoms with Crippen molar-refractivity contribution in [2.75, 3.05) is 12.0 Å². The van der Waals surface area contributed by atoms with Gasteiger partial charge in [0.2, 0.25) is 0 Å². The molecule has 4 rings (SSSR count). The van der Waals surface area contributed by atoms with Gasteiger partial charge in [-0.3, -0.25) is 19.8 Å². The molecule has 30 heavy (non-hydrogen) atoms. The number of nitro groups is 1. The minimum atomic E-state index is -0.448. The molecule has 1 aliphatic rings. The van der Waals surface area contributed by atoms with Crippen molar-refractivity contribution in [1.29, 1.82) is 0 Å². The van der Waals surface area contributed by atoms with E-state index in [-0.39, 0.29) is 11.6 Å². The summed E-state index contributed by atoms with van der Waals surface area (Å²) in [6, 6.07) is 23.1. The molecule has 0 N–H and O–H groups in total. The average molecular weight is 398 g/mol. The second-order valence-corrected chi connectivity index (χ2v) is 6.68. The first-order chi connectivity index (χ1) is 14.6. The third kappa shape index (κ3) is 3.71. The number of methoxy groups -OCH3 is 1. The van der Waals surface area contributed by atoms with Gasteiger partial charge in [-0.1, -0.05) is 30.3 Å². The number of non-ortho nitro benzene ring substituents is 1. The molecule has 0 bridgehead atoms. The average Bonchev–Trinajstić information content (AvgIpc) is 3.10. The van der Waals surface area contributed by atoms with E-state index in [1.54, 1.807) is 30.2 Å². The summed E-state index contributed by atoms with van der Waals surface area (Å²) in [4.78, 5) is 25.4. The Bertz CT molecular complexity index is 1150. The lowest BCUT2D eigenvalue weighted by Gasteiger charge is -2.21. The molecule has 3 aromatic rings. The molecule has 0 atom stereocenters. The number of rotatable bonds is 5. The van der Waals surface area contributed by atoms with E-state index in [1.165, 1.54) is 12.1 Å². The minimum Gasteiger partial charge on any atom is -0.497 e. The first-order valence-electron chi connectivity index (χ1n) is 9.28. The van der Waals surface area contributed by atoms with Gasteiger partial charge in [-0.15, -0.1) is 0 Å². The number of benzene rings is 3. The topological polar surface area (TPSA) is 72.7 Å². The molecule has 0 aliphatic carbocycles. The van der Waals surface area contributed by atoms with Crippen molar-refractivity contribution in [3.05, 3.63) is 112 Å². The van der Waals surface area contributed by atoms with Crippen LogP contribution in [-0.4, -0.2) is 17.9 Å². The quantitative estimate of drug-likeness (QED) is 0.341. The van der Waals surface area contributed by atoms with Crippen molar-refractivity contribution < 1.29 is 14.5 Å². The molecule has 0 saturated heterocycles. The van der Waals surface area contributed by atoms with Crippen LogP contribution in [0.1, 0.15) is 11.1 Å². The number of carbonyl (C=O) groups is 1. The summed E-state index contributed by atoms with van der Waals surface area (Å²) in [6.45, 7) is 0. The number of nitro benzene ring substituents is 1. The SMILES string of the molecule is COc1ccc(N2C(=O)/C(=C/c3ccc([N+](=O)[O-])cc3)C=C2c2ccccc2)cc1. The van der Waals surface area contributed by atoms with Crippen LogP contribution in [0.15, 0.2) is 90.5 Å². The lowest BCUT2D eigenvalue weighted by Crippen LogP contribution is -2.24. The number of hydrogen-bond acceptors (Lipinski definition) is 4. The summed E-state index contributed by atoms with van der Waals surface area (Å²) in [5.41, 5.74) is 3.62. The van der Waals surface area contributed by atoms with Crippen LogP contribution in [0.4, 0.5) is 11.4 Å². The highest BCUT2D eigenvalue weighted by Crippen LogP contribution is 2.35. The van der Waals surface area contributed by atoms with E-state index in [0.717, 1.165) is 16.9 Å². The summed E-state index contributed by atoms with van der Waals surface area (Å²) in [5.74, 6) is 0.537. The predicted molar refractivity (Wildman–Crippen MR) is 116 cm³/mol. The molecule has 1 heterocycles. The molecule has 6 nitrogen and oxygen atoms in total. The zero-order valence-electron chi connectivity index (χ0n) is 16.2. The summed E-state index contributed by atoms with van der Waals surface area (Å²) >= 11 is 0. The second kappa shape index (κ2) is 8.05. The van der Waals surface area contributed by atoms with Crippen LogP contribution in [0.5, 0.6) is 5.75 Å². The smallest absolute Gasteiger partial charge is 0.269 e. The van der Waals surface area contributed by atoms with E-state index in [1.807, 2.05) is 60.7 Å². The Morgan fingerprint density at radius 3 is 2.20 bits per heavy atom. The Kier molecular flexibility index (Phi) is 5.13. The summed E-state index contributed by atoms with van der Waals surface area (Å²) in [7, 11) is 1.59. The van der Waals surface area contributed by atoms with Crippen LogP contribution < -0.4 is 9.64 Å². The fourth-order valence-corrected chi connectivity index (χ4v) is 3.30. The van der Waals surface area contributed by atoms with Crippen molar-refractivity contribution >= 4 is 29.1 Å². The first-order valence-corrected chi connectivity index (χ1v) is 9.28. The van der Waals surface area contributed by atoms with E-state index < -0.39 is 4.92 Å². The van der Waals surface area contributed by atoms with Gasteiger partial charge in [0, 0.05) is 23.4 Å². The number of ether oxygens (including phenoxy) is 1. The van der Waals surface area contributed by atoms with Gasteiger partial charge in [-0.25, -0.2) is 0 Å². The monoisotopic (exact) mass is 398 g/mol. The fourth-order valence-electron chi connectivity index (χ4n) is 3.30. The first kappa shape index (κ1) is 19.1. The molecular formula is C24H18N2O4. The van der Waals surface area contributed by atoms with Crippen LogP contribution in [0, 0.1) is 10.1 Å². The molecule has 0 radical (unpaired) electrons. The third-order valence-corrected chi connectivity index (χ3v) is 4.81. The van der Waals surface area contributed by atoms with E-state index in [0.29, 0.717) is 16.9 Å². The highest BCUT2D eigenvalue weighted by Gasteiger charge is 2.30. The van der Waals surface area contributed by atoms with Crippen molar-refractivity contribution in [2.24, 2.45) is 0 Å². The number of carbonyl (C=O) groups excluding carboxylic acids is 1. The molecule has 0 fully saturated rings. The van der Waals surface area contributed by atoms with Gasteiger partial charge in [0.05, 0.1) is 17.7 Å². The van der Waals surface area contributed by atoms with Gasteiger partial charge >= 0.3 is 0 Å². The van der Waals surface area contributed by atoms with Crippen molar-refractivity contribution in [1.82, 2.24) is 0 Å². The van der Waals surface area contributed by atoms with E-state index in [4.69, 9.17) is 4.74 Å². The Balaban J connectivity index is 1.76. The molecule has 6 heteroatoms. The Morgan fingerprint density at radius 1 is 0.933 bits per heavy atom. The van der Waals surface area contributed by atoms with Gasteiger partial charge in [0.25, 0.3) is 11.6 Å². The summed E-state index contributed by atoms with van der Waals surface area (Å²) in [6.07, 6.45) is 3.57. The van der Waals surface area contributed by atoms with Gasteiger partial charge in [0.1, 0.15) is 5.75 Å². The van der Waals surface area contributed by atoms with E-state index in [9.17, 15) is 14.9 Å². The number of hydrogen-bond donors (Lipinski definition) is 0. The summed E-state index contributed by atoms with van der Waals surface area (Å²) in [5, 5.41) is 10.9. The van der Waals surface area contributed by atoms with Gasteiger partial charge in [-0.05, 0) is 59.7 Å². The molecule has 3 aromatic carbocycles. The number of nitrogens with zero attached hydrogens (tertiary/aromatic N) is 2. The second-order valence-electron chi connectivity index (χ2n) is 6.68. The van der Waals surface area contributed by atoms with E-state index in [2.05, 4.69) is 0 Å². The predicted octanol–water partition coefficient (Wildman–Crippen LogP) is 5.07. The van der Waals surface area contributed by atoms with Crippen LogP contribution in [-0.2, 0) is 4.79 Å². The zero-order chi connectivity index (χ0) is 21.1. The number of amides is 1. The van der Waals surface area contributed by atoms with Crippen LogP contribution >= 0.6 is 0 Å².